The molecule has 0 aliphatic carbocycles. The van der Waals surface area contributed by atoms with E-state index in [9.17, 15) is 9.59 Å². The van der Waals surface area contributed by atoms with Gasteiger partial charge in [0.15, 0.2) is 0 Å². The molecule has 0 aromatic heterocycles. The highest BCUT2D eigenvalue weighted by atomic mass is 16.5. The zero-order chi connectivity index (χ0) is 16.4. The summed E-state index contributed by atoms with van der Waals surface area (Å²) in [4.78, 5) is 25.9. The number of amides is 1. The lowest BCUT2D eigenvalue weighted by atomic mass is 10.1. The highest BCUT2D eigenvalue weighted by Crippen LogP contribution is 2.35. The van der Waals surface area contributed by atoms with Crippen LogP contribution in [0.3, 0.4) is 0 Å². The van der Waals surface area contributed by atoms with Crippen molar-refractivity contribution < 1.29 is 19.1 Å². The molecular formula is C18H15NO4. The van der Waals surface area contributed by atoms with Crippen LogP contribution in [0.25, 0.3) is 5.57 Å². The molecule has 0 saturated carbocycles. The number of hydrogen-bond acceptors (Lipinski definition) is 4. The van der Waals surface area contributed by atoms with Crippen molar-refractivity contribution in [1.29, 1.82) is 0 Å². The summed E-state index contributed by atoms with van der Waals surface area (Å²) < 4.78 is 10.3. The molecule has 1 heterocycles. The molecule has 1 aliphatic heterocycles. The molecule has 1 amide bonds. The number of rotatable bonds is 3. The number of hydrogen-bond donors (Lipinski definition) is 0. The number of likely N-dealkylation sites (N-methyl/N-ethyl adjacent to an activating group) is 1. The van der Waals surface area contributed by atoms with Gasteiger partial charge in [0.2, 0.25) is 0 Å². The molecule has 2 aromatic carbocycles. The van der Waals surface area contributed by atoms with E-state index in [1.807, 2.05) is 24.3 Å². The summed E-state index contributed by atoms with van der Waals surface area (Å²) in [5.74, 6) is 0.242. The van der Waals surface area contributed by atoms with E-state index < -0.39 is 5.97 Å². The molecular weight excluding hydrogens is 294 g/mol. The molecule has 23 heavy (non-hydrogen) atoms. The van der Waals surface area contributed by atoms with E-state index in [-0.39, 0.29) is 5.91 Å². The molecule has 1 aliphatic rings. The minimum absolute atomic E-state index is 0.224. The topological polar surface area (TPSA) is 55.8 Å². The molecule has 0 fully saturated rings. The second-order valence-corrected chi connectivity index (χ2v) is 5.04. The highest BCUT2D eigenvalue weighted by molar-refractivity contribution is 6.34. The van der Waals surface area contributed by atoms with Gasteiger partial charge in [0.25, 0.3) is 5.91 Å². The summed E-state index contributed by atoms with van der Waals surface area (Å²) in [6.07, 6.45) is 1.23. The van der Waals surface area contributed by atoms with Crippen LogP contribution >= 0.6 is 0 Å². The van der Waals surface area contributed by atoms with Gasteiger partial charge in [-0.05, 0) is 30.3 Å². The van der Waals surface area contributed by atoms with Gasteiger partial charge < -0.3 is 14.4 Å². The minimum atomic E-state index is -0.594. The van der Waals surface area contributed by atoms with Crippen molar-refractivity contribution in [3.8, 4) is 11.5 Å². The molecule has 0 spiro atoms. The first-order chi connectivity index (χ1) is 11.1. The predicted molar refractivity (Wildman–Crippen MR) is 86.5 cm³/mol. The van der Waals surface area contributed by atoms with Crippen LogP contribution < -0.4 is 14.4 Å². The van der Waals surface area contributed by atoms with Crippen LogP contribution in [0.4, 0.5) is 5.69 Å². The molecule has 0 bridgehead atoms. The Balaban J connectivity index is 1.83. The summed E-state index contributed by atoms with van der Waals surface area (Å²) in [7, 11) is 3.24. The number of para-hydroxylation sites is 1. The Hall–Kier alpha value is -3.08. The summed E-state index contributed by atoms with van der Waals surface area (Å²) in [6, 6.07) is 14.0. The number of methoxy groups -OCH3 is 1. The number of nitrogens with zero attached hydrogens (tertiary/aromatic N) is 1. The number of ether oxygens (including phenoxy) is 2. The predicted octanol–water partition coefficient (Wildman–Crippen LogP) is 2.66. The molecule has 0 atom stereocenters. The lowest BCUT2D eigenvalue weighted by Crippen LogP contribution is -2.20. The first-order valence-electron chi connectivity index (χ1n) is 7.05. The third kappa shape index (κ3) is 2.81. The maximum absolute atomic E-state index is 12.3. The fourth-order valence-electron chi connectivity index (χ4n) is 2.45. The third-order valence-corrected chi connectivity index (χ3v) is 3.63. The van der Waals surface area contributed by atoms with Crippen LogP contribution in [-0.2, 0) is 9.59 Å². The van der Waals surface area contributed by atoms with Gasteiger partial charge in [0, 0.05) is 18.7 Å². The minimum Gasteiger partial charge on any atom is -0.497 e. The summed E-state index contributed by atoms with van der Waals surface area (Å²) in [5.41, 5.74) is 1.84. The number of esters is 1. The van der Waals surface area contributed by atoms with Gasteiger partial charge in [-0.3, -0.25) is 4.79 Å². The molecule has 0 saturated heterocycles. The monoisotopic (exact) mass is 309 g/mol. The lowest BCUT2D eigenvalue weighted by molar-refractivity contribution is -0.129. The van der Waals surface area contributed by atoms with Crippen LogP contribution in [0.15, 0.2) is 54.6 Å². The lowest BCUT2D eigenvalue weighted by Gasteiger charge is -2.07. The smallest absolute Gasteiger partial charge is 0.336 e. The Morgan fingerprint density at radius 2 is 1.70 bits per heavy atom. The Labute approximate surface area is 133 Å². The number of fused-ring (bicyclic) bond motifs is 1. The van der Waals surface area contributed by atoms with E-state index in [4.69, 9.17) is 9.47 Å². The van der Waals surface area contributed by atoms with Crippen molar-refractivity contribution in [2.24, 2.45) is 0 Å². The Morgan fingerprint density at radius 3 is 2.39 bits per heavy atom. The van der Waals surface area contributed by atoms with Crippen molar-refractivity contribution in [2.75, 3.05) is 19.1 Å². The van der Waals surface area contributed by atoms with Crippen LogP contribution in [0, 0.1) is 0 Å². The standard InChI is InChI=1S/C18H15NO4/c1-19-16-6-4-3-5-14(16)15(18(19)21)11-17(20)23-13-9-7-12(22-2)8-10-13/h3-11H,1-2H3/b15-11+. The van der Waals surface area contributed by atoms with Crippen LogP contribution in [0.5, 0.6) is 11.5 Å². The van der Waals surface area contributed by atoms with E-state index in [1.165, 1.54) is 11.0 Å². The number of anilines is 1. The number of carbonyl (C=O) groups excluding carboxylic acids is 2. The maximum atomic E-state index is 12.3. The van der Waals surface area contributed by atoms with Crippen LogP contribution in [-0.4, -0.2) is 26.0 Å². The van der Waals surface area contributed by atoms with Crippen molar-refractivity contribution >= 4 is 23.1 Å². The zero-order valence-corrected chi connectivity index (χ0v) is 12.8. The van der Waals surface area contributed by atoms with Gasteiger partial charge in [-0.2, -0.15) is 0 Å². The van der Waals surface area contributed by atoms with Gasteiger partial charge in [-0.15, -0.1) is 0 Å². The second kappa shape index (κ2) is 5.96. The van der Waals surface area contributed by atoms with Crippen molar-refractivity contribution in [2.45, 2.75) is 0 Å². The largest absolute Gasteiger partial charge is 0.497 e. The summed E-state index contributed by atoms with van der Waals surface area (Å²) >= 11 is 0. The fourth-order valence-corrected chi connectivity index (χ4v) is 2.45. The molecule has 0 unspecified atom stereocenters. The Morgan fingerprint density at radius 1 is 1.04 bits per heavy atom. The van der Waals surface area contributed by atoms with Crippen molar-refractivity contribution in [3.05, 3.63) is 60.2 Å². The van der Waals surface area contributed by atoms with E-state index in [0.717, 1.165) is 11.3 Å². The molecule has 5 heteroatoms. The maximum Gasteiger partial charge on any atom is 0.336 e. The quantitative estimate of drug-likeness (QED) is 0.497. The van der Waals surface area contributed by atoms with E-state index in [2.05, 4.69) is 0 Å². The van der Waals surface area contributed by atoms with Gasteiger partial charge in [0.1, 0.15) is 11.5 Å². The molecule has 0 N–H and O–H groups in total. The number of benzene rings is 2. The molecule has 2 aromatic rings. The number of carbonyl (C=O) groups is 2. The van der Waals surface area contributed by atoms with Gasteiger partial charge >= 0.3 is 5.97 Å². The van der Waals surface area contributed by atoms with Gasteiger partial charge in [-0.25, -0.2) is 4.79 Å². The summed E-state index contributed by atoms with van der Waals surface area (Å²) in [5, 5.41) is 0. The van der Waals surface area contributed by atoms with Crippen molar-refractivity contribution in [1.82, 2.24) is 0 Å². The van der Waals surface area contributed by atoms with Crippen molar-refractivity contribution in [3.63, 3.8) is 0 Å². The second-order valence-electron chi connectivity index (χ2n) is 5.04. The van der Waals surface area contributed by atoms with E-state index in [1.54, 1.807) is 38.4 Å². The first-order valence-corrected chi connectivity index (χ1v) is 7.05. The highest BCUT2D eigenvalue weighted by Gasteiger charge is 2.30. The fraction of sp³-hybridized carbons (Fsp3) is 0.111. The summed E-state index contributed by atoms with van der Waals surface area (Å²) in [6.45, 7) is 0. The molecule has 3 rings (SSSR count). The normalized spacial score (nSPS) is 14.8. The van der Waals surface area contributed by atoms with Gasteiger partial charge in [-0.1, -0.05) is 18.2 Å². The molecule has 0 radical (unpaired) electrons. The third-order valence-electron chi connectivity index (χ3n) is 3.63. The molecule has 116 valence electrons. The zero-order valence-electron chi connectivity index (χ0n) is 12.8. The SMILES string of the molecule is COc1ccc(OC(=O)/C=C2/C(=O)N(C)c3ccccc32)cc1. The Kier molecular flexibility index (Phi) is 3.85. The van der Waals surface area contributed by atoms with Crippen LogP contribution in [0.2, 0.25) is 0 Å². The Bertz CT molecular complexity index is 793. The van der Waals surface area contributed by atoms with E-state index >= 15 is 0 Å². The van der Waals surface area contributed by atoms with E-state index in [0.29, 0.717) is 17.1 Å². The first kappa shape index (κ1) is 14.8. The molecule has 5 nitrogen and oxygen atoms in total. The van der Waals surface area contributed by atoms with Crippen LogP contribution in [0.1, 0.15) is 5.56 Å². The average molecular weight is 309 g/mol. The van der Waals surface area contributed by atoms with Gasteiger partial charge in [0.05, 0.1) is 18.4 Å². The average Bonchev–Trinajstić information content (AvgIpc) is 2.81.